The first kappa shape index (κ1) is 26.0. The number of aliphatic hydroxyl groups is 2. The molecule has 0 bridgehead atoms. The van der Waals surface area contributed by atoms with Crippen LogP contribution in [0, 0.1) is 0 Å². The highest BCUT2D eigenvalue weighted by atomic mass is 31.2. The minimum atomic E-state index is -4.16. The summed E-state index contributed by atoms with van der Waals surface area (Å²) in [7, 11) is -4.16. The van der Waals surface area contributed by atoms with E-state index in [0.29, 0.717) is 11.1 Å². The predicted octanol–water partition coefficient (Wildman–Crippen LogP) is 2.06. The van der Waals surface area contributed by atoms with E-state index in [9.17, 15) is 19.6 Å². The Morgan fingerprint density at radius 3 is 2.75 bits per heavy atom. The van der Waals surface area contributed by atoms with Crippen molar-refractivity contribution in [1.82, 2.24) is 15.1 Å². The number of hydrogen-bond donors (Lipinski definition) is 4. The molecule has 1 aliphatic heterocycles. The van der Waals surface area contributed by atoms with E-state index in [2.05, 4.69) is 15.1 Å². The normalized spacial score (nSPS) is 26.4. The standard InChI is InChI=1S/C22H27N4O9P/c1-12(33-13(2)27)26-36(30,35-14-7-5-4-6-8-14)32-10-16-19(28)22(3,29)20(34-16)15-9-31-18-17(15)24-11-25-21(18)23/h4-9,11-12,16,19-20,28-29H,10H2,1-3H3,(H,26,30)(H2,23,24,25)/t12?,16-,19-,20+,22-,36?/m1/s1. The van der Waals surface area contributed by atoms with E-state index < -0.39 is 50.5 Å². The van der Waals surface area contributed by atoms with Crippen molar-refractivity contribution in [2.24, 2.45) is 0 Å². The lowest BCUT2D eigenvalue weighted by Crippen LogP contribution is -2.43. The molecule has 1 aliphatic rings. The Morgan fingerprint density at radius 1 is 1.33 bits per heavy atom. The number of furan rings is 1. The zero-order valence-electron chi connectivity index (χ0n) is 19.7. The number of nitrogens with zero attached hydrogens (tertiary/aromatic N) is 2. The van der Waals surface area contributed by atoms with Crippen molar-refractivity contribution < 1.29 is 42.5 Å². The number of anilines is 1. The van der Waals surface area contributed by atoms with Gasteiger partial charge in [-0.05, 0) is 26.0 Å². The highest BCUT2D eigenvalue weighted by molar-refractivity contribution is 7.52. The molecule has 0 amide bonds. The van der Waals surface area contributed by atoms with E-state index in [1.165, 1.54) is 33.4 Å². The Labute approximate surface area is 206 Å². The van der Waals surface area contributed by atoms with Gasteiger partial charge in [0.05, 0.1) is 12.9 Å². The number of esters is 1. The molecule has 1 fully saturated rings. The number of para-hydroxylation sites is 1. The largest absolute Gasteiger partial charge is 0.461 e. The summed E-state index contributed by atoms with van der Waals surface area (Å²) in [5.74, 6) is -0.272. The minimum absolute atomic E-state index is 0.108. The third-order valence-electron chi connectivity index (χ3n) is 5.54. The molecule has 1 saturated heterocycles. The Kier molecular flexibility index (Phi) is 7.32. The molecule has 0 saturated carbocycles. The fourth-order valence-electron chi connectivity index (χ4n) is 3.89. The van der Waals surface area contributed by atoms with E-state index in [-0.39, 0.29) is 17.2 Å². The number of nitrogen functional groups attached to an aromatic ring is 1. The van der Waals surface area contributed by atoms with Crippen LogP contribution in [0.2, 0.25) is 0 Å². The lowest BCUT2D eigenvalue weighted by Gasteiger charge is -2.26. The molecule has 0 aliphatic carbocycles. The summed E-state index contributed by atoms with van der Waals surface area (Å²) < 4.78 is 41.0. The molecule has 0 radical (unpaired) electrons. The Bertz CT molecular complexity index is 1270. The summed E-state index contributed by atoms with van der Waals surface area (Å²) in [6, 6.07) is 8.22. The number of ether oxygens (including phenoxy) is 2. The lowest BCUT2D eigenvalue weighted by molar-refractivity contribution is -0.146. The quantitative estimate of drug-likeness (QED) is 0.182. The summed E-state index contributed by atoms with van der Waals surface area (Å²) in [4.78, 5) is 19.3. The molecule has 3 heterocycles. The number of nitrogens with one attached hydrogen (secondary N) is 1. The van der Waals surface area contributed by atoms with Crippen molar-refractivity contribution >= 4 is 30.6 Å². The van der Waals surface area contributed by atoms with Crippen LogP contribution in [-0.4, -0.2) is 56.8 Å². The fraction of sp³-hybridized carbons (Fsp3) is 0.409. The smallest absolute Gasteiger partial charge is 0.458 e. The molecule has 13 nitrogen and oxygen atoms in total. The number of hydrogen-bond acceptors (Lipinski definition) is 12. The van der Waals surface area contributed by atoms with E-state index in [4.69, 9.17) is 28.7 Å². The van der Waals surface area contributed by atoms with Crippen LogP contribution in [0.15, 0.2) is 47.3 Å². The van der Waals surface area contributed by atoms with Crippen LogP contribution in [0.4, 0.5) is 5.82 Å². The number of fused-ring (bicyclic) bond motifs is 1. The Balaban J connectivity index is 1.54. The number of nitrogens with two attached hydrogens (primary N) is 1. The first-order valence-corrected chi connectivity index (χ1v) is 12.5. The predicted molar refractivity (Wildman–Crippen MR) is 125 cm³/mol. The first-order valence-electron chi connectivity index (χ1n) is 11.0. The summed E-state index contributed by atoms with van der Waals surface area (Å²) >= 11 is 0. The summed E-state index contributed by atoms with van der Waals surface area (Å²) in [5.41, 5.74) is 4.89. The number of carbonyl (C=O) groups is 1. The summed E-state index contributed by atoms with van der Waals surface area (Å²) in [6.45, 7) is 3.58. The van der Waals surface area contributed by atoms with Crippen molar-refractivity contribution in [3.8, 4) is 5.75 Å². The number of benzene rings is 1. The molecule has 3 aromatic rings. The minimum Gasteiger partial charge on any atom is -0.458 e. The highest BCUT2D eigenvalue weighted by Crippen LogP contribution is 2.48. The molecule has 1 aromatic carbocycles. The van der Waals surface area contributed by atoms with E-state index in [1.807, 2.05) is 0 Å². The molecule has 0 spiro atoms. The van der Waals surface area contributed by atoms with Gasteiger partial charge in [-0.15, -0.1) is 0 Å². The number of carbonyl (C=O) groups excluding carboxylic acids is 1. The van der Waals surface area contributed by atoms with Crippen LogP contribution in [0.25, 0.3) is 11.1 Å². The van der Waals surface area contributed by atoms with E-state index in [1.54, 1.807) is 30.3 Å². The molecule has 14 heteroatoms. The number of aromatic nitrogens is 2. The monoisotopic (exact) mass is 522 g/mol. The molecule has 6 atom stereocenters. The van der Waals surface area contributed by atoms with Gasteiger partial charge < -0.3 is 34.4 Å². The molecule has 36 heavy (non-hydrogen) atoms. The second-order valence-corrected chi connectivity index (χ2v) is 10.1. The number of rotatable bonds is 9. The van der Waals surface area contributed by atoms with E-state index >= 15 is 0 Å². The molecule has 4 rings (SSSR count). The van der Waals surface area contributed by atoms with Gasteiger partial charge in [0.2, 0.25) is 0 Å². The van der Waals surface area contributed by atoms with Gasteiger partial charge in [-0.25, -0.2) is 14.5 Å². The average Bonchev–Trinajstić information content (AvgIpc) is 3.32. The third kappa shape index (κ3) is 5.36. The molecule has 194 valence electrons. The molecule has 5 N–H and O–H groups in total. The van der Waals surface area contributed by atoms with Crippen molar-refractivity contribution in [3.05, 3.63) is 48.5 Å². The third-order valence-corrected chi connectivity index (χ3v) is 7.16. The molecular formula is C22H27N4O9P. The van der Waals surface area contributed by atoms with Crippen LogP contribution in [0.5, 0.6) is 5.75 Å². The maximum absolute atomic E-state index is 13.5. The van der Waals surface area contributed by atoms with Crippen LogP contribution < -0.4 is 15.3 Å². The van der Waals surface area contributed by atoms with Gasteiger partial charge in [-0.1, -0.05) is 18.2 Å². The van der Waals surface area contributed by atoms with Crippen molar-refractivity contribution in [3.63, 3.8) is 0 Å². The van der Waals surface area contributed by atoms with Gasteiger partial charge in [0.1, 0.15) is 41.5 Å². The highest BCUT2D eigenvalue weighted by Gasteiger charge is 2.54. The summed E-state index contributed by atoms with van der Waals surface area (Å²) in [5, 5.41) is 24.4. The Morgan fingerprint density at radius 2 is 2.06 bits per heavy atom. The van der Waals surface area contributed by atoms with Crippen LogP contribution in [0.1, 0.15) is 32.4 Å². The molecule has 2 unspecified atom stereocenters. The topological polar surface area (TPSA) is 188 Å². The van der Waals surface area contributed by atoms with Crippen molar-refractivity contribution in [1.29, 1.82) is 0 Å². The maximum atomic E-state index is 13.5. The van der Waals surface area contributed by atoms with Gasteiger partial charge in [0.25, 0.3) is 0 Å². The zero-order chi connectivity index (χ0) is 26.1. The van der Waals surface area contributed by atoms with Crippen LogP contribution in [-0.2, 0) is 23.4 Å². The number of aliphatic hydroxyl groups excluding tert-OH is 1. The SMILES string of the molecule is CC(=O)OC(C)NP(=O)(OC[C@H]1O[C@@H](c2coc3c(N)ncnc23)[C@](C)(O)[C@@H]1O)Oc1ccccc1. The van der Waals surface area contributed by atoms with Crippen LogP contribution in [0.3, 0.4) is 0 Å². The van der Waals surface area contributed by atoms with Crippen molar-refractivity contribution in [2.75, 3.05) is 12.3 Å². The van der Waals surface area contributed by atoms with Gasteiger partial charge in [0, 0.05) is 12.5 Å². The lowest BCUT2D eigenvalue weighted by atomic mass is 9.89. The van der Waals surface area contributed by atoms with Gasteiger partial charge >= 0.3 is 13.7 Å². The van der Waals surface area contributed by atoms with E-state index in [0.717, 1.165) is 0 Å². The van der Waals surface area contributed by atoms with Gasteiger partial charge in [-0.2, -0.15) is 5.09 Å². The second kappa shape index (κ2) is 10.1. The zero-order valence-corrected chi connectivity index (χ0v) is 20.6. The maximum Gasteiger partial charge on any atom is 0.461 e. The molecular weight excluding hydrogens is 495 g/mol. The summed E-state index contributed by atoms with van der Waals surface area (Å²) in [6.07, 6.45) is -2.14. The fourth-order valence-corrected chi connectivity index (χ4v) is 5.31. The molecule has 2 aromatic heterocycles. The van der Waals surface area contributed by atoms with Crippen LogP contribution >= 0.6 is 7.75 Å². The van der Waals surface area contributed by atoms with Gasteiger partial charge in [0.15, 0.2) is 17.6 Å². The average molecular weight is 522 g/mol. The Hall–Kier alpha value is -3.06. The second-order valence-electron chi connectivity index (χ2n) is 8.43. The van der Waals surface area contributed by atoms with Crippen molar-refractivity contribution in [2.45, 2.75) is 50.9 Å². The first-order chi connectivity index (χ1) is 17.0. The van der Waals surface area contributed by atoms with Gasteiger partial charge in [-0.3, -0.25) is 9.32 Å².